The van der Waals surface area contributed by atoms with Gasteiger partial charge in [0.2, 0.25) is 5.88 Å². The van der Waals surface area contributed by atoms with Crippen LogP contribution < -0.4 is 9.64 Å². The first-order valence-electron chi connectivity index (χ1n) is 10.3. The molecule has 6 heteroatoms. The molecule has 0 spiro atoms. The summed E-state index contributed by atoms with van der Waals surface area (Å²) < 4.78 is 5.77. The Bertz CT molecular complexity index is 1080. The maximum Gasteiger partial charge on any atom is 0.234 e. The van der Waals surface area contributed by atoms with Crippen molar-refractivity contribution in [2.75, 3.05) is 18.1 Å². The summed E-state index contributed by atoms with van der Waals surface area (Å²) in [5, 5.41) is 30.2. The summed E-state index contributed by atoms with van der Waals surface area (Å²) in [5.74, 6) is 1.50. The van der Waals surface area contributed by atoms with Crippen LogP contribution in [0.25, 0.3) is 11.1 Å². The van der Waals surface area contributed by atoms with Crippen LogP contribution in [0.15, 0.2) is 30.3 Å². The van der Waals surface area contributed by atoms with Crippen molar-refractivity contribution in [1.82, 2.24) is 4.98 Å². The molecule has 0 saturated carbocycles. The van der Waals surface area contributed by atoms with Gasteiger partial charge in [-0.25, -0.2) is 0 Å². The molecule has 2 aromatic rings. The van der Waals surface area contributed by atoms with E-state index in [1.807, 2.05) is 37.3 Å². The fraction of sp³-hybridized carbons (Fsp3) is 0.417. The molecule has 2 aliphatic heterocycles. The number of hydrogen-bond acceptors (Lipinski definition) is 6. The van der Waals surface area contributed by atoms with Gasteiger partial charge in [-0.1, -0.05) is 37.3 Å². The van der Waals surface area contributed by atoms with E-state index in [0.717, 1.165) is 41.9 Å². The number of rotatable bonds is 3. The molecule has 2 atom stereocenters. The summed E-state index contributed by atoms with van der Waals surface area (Å²) in [6.45, 7) is 5.16. The van der Waals surface area contributed by atoms with Crippen LogP contribution in [0.5, 0.6) is 5.88 Å². The van der Waals surface area contributed by atoms with E-state index in [0.29, 0.717) is 24.0 Å². The van der Waals surface area contributed by atoms with Crippen molar-refractivity contribution in [3.05, 3.63) is 41.5 Å². The third kappa shape index (κ3) is 2.95. The van der Waals surface area contributed by atoms with Crippen LogP contribution in [0.2, 0.25) is 0 Å². The first-order chi connectivity index (χ1) is 14.6. The molecular weight excluding hydrogens is 374 g/mol. The van der Waals surface area contributed by atoms with Crippen LogP contribution in [-0.4, -0.2) is 24.2 Å². The van der Waals surface area contributed by atoms with Crippen molar-refractivity contribution >= 4 is 5.82 Å². The summed E-state index contributed by atoms with van der Waals surface area (Å²) in [6.07, 6.45) is 1.99. The van der Waals surface area contributed by atoms with Crippen molar-refractivity contribution in [2.24, 2.45) is 11.3 Å². The second-order valence-electron chi connectivity index (χ2n) is 8.09. The highest BCUT2D eigenvalue weighted by Gasteiger charge is 2.51. The molecule has 150 valence electrons. The van der Waals surface area contributed by atoms with Gasteiger partial charge in [-0.15, -0.1) is 0 Å². The highest BCUT2D eigenvalue weighted by Crippen LogP contribution is 2.49. The monoisotopic (exact) mass is 397 g/mol. The molecule has 0 amide bonds. The lowest BCUT2D eigenvalue weighted by Gasteiger charge is -2.49. The molecule has 0 aliphatic carbocycles. The predicted molar refractivity (Wildman–Crippen MR) is 112 cm³/mol. The van der Waals surface area contributed by atoms with Gasteiger partial charge in [0.25, 0.3) is 0 Å². The normalized spacial score (nSPS) is 21.4. The Morgan fingerprint density at radius 3 is 2.57 bits per heavy atom. The summed E-state index contributed by atoms with van der Waals surface area (Å²) in [6, 6.07) is 16.4. The van der Waals surface area contributed by atoms with E-state index in [1.54, 1.807) is 0 Å². The van der Waals surface area contributed by atoms with Gasteiger partial charge in [0.1, 0.15) is 17.5 Å². The van der Waals surface area contributed by atoms with E-state index in [-0.39, 0.29) is 12.5 Å². The smallest absolute Gasteiger partial charge is 0.234 e. The van der Waals surface area contributed by atoms with Crippen LogP contribution in [-0.2, 0) is 6.42 Å². The Morgan fingerprint density at radius 1 is 1.20 bits per heavy atom. The number of benzene rings is 1. The number of ether oxygens (including phenoxy) is 1. The Balaban J connectivity index is 2.04. The molecule has 1 saturated heterocycles. The molecule has 3 heterocycles. The fourth-order valence-corrected chi connectivity index (χ4v) is 4.77. The Morgan fingerprint density at radius 2 is 1.93 bits per heavy atom. The Hall–Kier alpha value is -3.56. The van der Waals surface area contributed by atoms with Gasteiger partial charge < -0.3 is 9.64 Å². The van der Waals surface area contributed by atoms with Gasteiger partial charge >= 0.3 is 0 Å². The zero-order chi connectivity index (χ0) is 21.3. The average molecular weight is 397 g/mol. The van der Waals surface area contributed by atoms with Gasteiger partial charge in [0, 0.05) is 24.1 Å². The van der Waals surface area contributed by atoms with E-state index >= 15 is 0 Å². The Kier molecular flexibility index (Phi) is 5.06. The minimum absolute atomic E-state index is 0.220. The molecule has 4 rings (SSSR count). The molecule has 1 fully saturated rings. The van der Waals surface area contributed by atoms with E-state index in [4.69, 9.17) is 9.72 Å². The lowest BCUT2D eigenvalue weighted by Crippen LogP contribution is -2.55. The molecule has 30 heavy (non-hydrogen) atoms. The lowest BCUT2D eigenvalue weighted by molar-refractivity contribution is 0.257. The maximum atomic E-state index is 10.1. The molecule has 1 aromatic carbocycles. The van der Waals surface area contributed by atoms with Crippen LogP contribution >= 0.6 is 0 Å². The van der Waals surface area contributed by atoms with E-state index in [2.05, 4.69) is 30.0 Å². The van der Waals surface area contributed by atoms with Crippen LogP contribution in [0.3, 0.4) is 0 Å². The first kappa shape index (κ1) is 19.7. The van der Waals surface area contributed by atoms with Crippen molar-refractivity contribution in [2.45, 2.75) is 39.2 Å². The highest BCUT2D eigenvalue weighted by molar-refractivity contribution is 5.81. The number of hydrogen-bond donors (Lipinski definition) is 0. The van der Waals surface area contributed by atoms with Gasteiger partial charge in [0.15, 0.2) is 5.41 Å². The molecule has 2 aliphatic rings. The fourth-order valence-electron chi connectivity index (χ4n) is 4.77. The quantitative estimate of drug-likeness (QED) is 0.769. The van der Waals surface area contributed by atoms with Gasteiger partial charge in [-0.3, -0.25) is 0 Å². The van der Waals surface area contributed by atoms with Gasteiger partial charge in [0.05, 0.1) is 24.8 Å². The van der Waals surface area contributed by atoms with Crippen LogP contribution in [0, 0.1) is 45.3 Å². The number of piperidine rings is 1. The topological polar surface area (TPSA) is 96.7 Å². The molecule has 0 unspecified atom stereocenters. The average Bonchev–Trinajstić information content (AvgIpc) is 2.78. The van der Waals surface area contributed by atoms with Gasteiger partial charge in [-0.2, -0.15) is 20.8 Å². The predicted octanol–water partition coefficient (Wildman–Crippen LogP) is 4.21. The minimum atomic E-state index is -1.17. The zero-order valence-electron chi connectivity index (χ0n) is 17.2. The second kappa shape index (κ2) is 7.69. The number of fused-ring (bicyclic) bond motifs is 3. The van der Waals surface area contributed by atoms with Crippen molar-refractivity contribution in [3.8, 4) is 35.2 Å². The van der Waals surface area contributed by atoms with Gasteiger partial charge in [-0.05, 0) is 31.2 Å². The highest BCUT2D eigenvalue weighted by atomic mass is 16.5. The third-order valence-electron chi connectivity index (χ3n) is 6.26. The summed E-state index contributed by atoms with van der Waals surface area (Å²) in [5.41, 5.74) is 1.55. The van der Waals surface area contributed by atoms with Crippen LogP contribution in [0.1, 0.15) is 37.8 Å². The number of nitrogens with zero attached hydrogens (tertiary/aromatic N) is 5. The third-order valence-corrected chi connectivity index (χ3v) is 6.26. The molecule has 6 nitrogen and oxygen atoms in total. The minimum Gasteiger partial charge on any atom is -0.477 e. The van der Waals surface area contributed by atoms with Crippen molar-refractivity contribution in [1.29, 1.82) is 15.8 Å². The first-order valence-corrected chi connectivity index (χ1v) is 10.3. The van der Waals surface area contributed by atoms with E-state index in [1.165, 1.54) is 0 Å². The van der Waals surface area contributed by atoms with E-state index in [9.17, 15) is 15.8 Å². The maximum absolute atomic E-state index is 10.1. The zero-order valence-corrected chi connectivity index (χ0v) is 17.2. The number of nitriles is 3. The van der Waals surface area contributed by atoms with Crippen molar-refractivity contribution in [3.63, 3.8) is 0 Å². The number of anilines is 1. The molecule has 0 radical (unpaired) electrons. The standard InChI is InChI=1S/C24H23N5O/c1-3-30-23-19(13-25)21(17-7-5-4-6-8-17)18-12-24(14-26,15-27)20-11-16(2)9-10-29(20)22(18)28-23/h4-8,16,20H,3,9-12H2,1-2H3/t16-,20+/m0/s1. The molecule has 0 N–H and O–H groups in total. The second-order valence-corrected chi connectivity index (χ2v) is 8.09. The largest absolute Gasteiger partial charge is 0.477 e. The molecular formula is C24H23N5O. The summed E-state index contributed by atoms with van der Waals surface area (Å²) >= 11 is 0. The Labute approximate surface area is 176 Å². The van der Waals surface area contributed by atoms with E-state index < -0.39 is 5.41 Å². The summed E-state index contributed by atoms with van der Waals surface area (Å²) in [7, 11) is 0. The summed E-state index contributed by atoms with van der Waals surface area (Å²) in [4.78, 5) is 6.88. The molecule has 1 aromatic heterocycles. The SMILES string of the molecule is CCOc1nc2c(c(-c3ccccc3)c1C#N)CC(C#N)(C#N)[C@H]1C[C@@H](C)CCN21. The van der Waals surface area contributed by atoms with Crippen molar-refractivity contribution < 1.29 is 4.74 Å². The molecule has 0 bridgehead atoms. The lowest BCUT2D eigenvalue weighted by atomic mass is 9.68. The van der Waals surface area contributed by atoms with Crippen LogP contribution in [0.4, 0.5) is 5.82 Å². The number of pyridine rings is 1. The number of aromatic nitrogens is 1.